The number of carbonyl (C=O) groups is 1. The van der Waals surface area contributed by atoms with E-state index < -0.39 is 0 Å². The quantitative estimate of drug-likeness (QED) is 0.847. The predicted octanol–water partition coefficient (Wildman–Crippen LogP) is 3.28. The molecular weight excluding hydrogens is 266 g/mol. The summed E-state index contributed by atoms with van der Waals surface area (Å²) in [7, 11) is 5.18. The van der Waals surface area contributed by atoms with Crippen molar-refractivity contribution in [3.63, 3.8) is 0 Å². The zero-order valence-corrected chi connectivity index (χ0v) is 13.0. The highest BCUT2D eigenvalue weighted by molar-refractivity contribution is 5.77. The average Bonchev–Trinajstić information content (AvgIpc) is 2.85. The molecule has 2 rings (SSSR count). The number of nitrogens with zero attached hydrogens (tertiary/aromatic N) is 1. The monoisotopic (exact) mass is 287 g/mol. The number of carbonyl (C=O) groups excluding carboxylic acids is 1. The Morgan fingerprint density at radius 1 is 1.24 bits per heavy atom. The molecule has 1 aromatic heterocycles. The number of benzene rings is 1. The second kappa shape index (κ2) is 6.48. The Balaban J connectivity index is 2.30. The maximum absolute atomic E-state index is 11.8. The summed E-state index contributed by atoms with van der Waals surface area (Å²) in [5, 5.41) is 0. The number of methoxy groups -OCH3 is 1. The number of hydrogen-bond acceptors (Lipinski definition) is 3. The van der Waals surface area contributed by atoms with Crippen molar-refractivity contribution >= 4 is 5.91 Å². The van der Waals surface area contributed by atoms with Crippen LogP contribution in [-0.2, 0) is 11.2 Å². The first-order valence-electron chi connectivity index (χ1n) is 6.95. The second-order valence-electron chi connectivity index (χ2n) is 5.18. The topological polar surface area (TPSA) is 42.7 Å². The highest BCUT2D eigenvalue weighted by atomic mass is 16.5. The van der Waals surface area contributed by atoms with Crippen molar-refractivity contribution in [2.75, 3.05) is 21.2 Å². The van der Waals surface area contributed by atoms with Crippen molar-refractivity contribution in [3.8, 4) is 16.9 Å². The van der Waals surface area contributed by atoms with E-state index in [1.165, 1.54) is 0 Å². The van der Waals surface area contributed by atoms with E-state index in [1.807, 2.05) is 37.3 Å². The third-order valence-corrected chi connectivity index (χ3v) is 3.39. The molecule has 2 aromatic rings. The van der Waals surface area contributed by atoms with Crippen LogP contribution in [0.4, 0.5) is 0 Å². The van der Waals surface area contributed by atoms with E-state index >= 15 is 0 Å². The molecule has 0 saturated carbocycles. The average molecular weight is 287 g/mol. The van der Waals surface area contributed by atoms with Gasteiger partial charge in [-0.15, -0.1) is 0 Å². The van der Waals surface area contributed by atoms with Crippen LogP contribution in [0.1, 0.15) is 17.9 Å². The van der Waals surface area contributed by atoms with Crippen LogP contribution in [0.2, 0.25) is 0 Å². The molecule has 112 valence electrons. The maximum Gasteiger partial charge on any atom is 0.222 e. The van der Waals surface area contributed by atoms with E-state index in [4.69, 9.17) is 9.15 Å². The molecule has 0 aliphatic heterocycles. The lowest BCUT2D eigenvalue weighted by Crippen LogP contribution is -2.21. The highest BCUT2D eigenvalue weighted by Crippen LogP contribution is 2.34. The van der Waals surface area contributed by atoms with Gasteiger partial charge in [-0.1, -0.05) is 18.2 Å². The summed E-state index contributed by atoms with van der Waals surface area (Å²) in [6.07, 6.45) is 1.01. The minimum absolute atomic E-state index is 0.0926. The molecule has 0 spiro atoms. The van der Waals surface area contributed by atoms with Gasteiger partial charge >= 0.3 is 0 Å². The Labute approximate surface area is 125 Å². The zero-order valence-electron chi connectivity index (χ0n) is 13.0. The van der Waals surface area contributed by atoms with Crippen LogP contribution in [0.3, 0.4) is 0 Å². The predicted molar refractivity (Wildman–Crippen MR) is 82.4 cm³/mol. The lowest BCUT2D eigenvalue weighted by molar-refractivity contribution is -0.128. The number of furan rings is 1. The summed E-state index contributed by atoms with van der Waals surface area (Å²) in [6, 6.07) is 9.82. The fourth-order valence-electron chi connectivity index (χ4n) is 2.29. The summed E-state index contributed by atoms with van der Waals surface area (Å²) >= 11 is 0. The summed E-state index contributed by atoms with van der Waals surface area (Å²) in [6.45, 7) is 1.91. The van der Waals surface area contributed by atoms with Gasteiger partial charge in [0.1, 0.15) is 17.3 Å². The highest BCUT2D eigenvalue weighted by Gasteiger charge is 2.16. The van der Waals surface area contributed by atoms with Gasteiger partial charge in [-0.2, -0.15) is 0 Å². The molecule has 0 N–H and O–H groups in total. The summed E-state index contributed by atoms with van der Waals surface area (Å²) in [5.74, 6) is 2.56. The molecule has 1 aromatic carbocycles. The first-order valence-corrected chi connectivity index (χ1v) is 6.95. The van der Waals surface area contributed by atoms with Crippen LogP contribution in [0.25, 0.3) is 11.1 Å². The van der Waals surface area contributed by atoms with E-state index in [0.29, 0.717) is 12.8 Å². The minimum atomic E-state index is 0.0926. The maximum atomic E-state index is 11.8. The molecule has 0 unspecified atom stereocenters. The molecule has 0 atom stereocenters. The molecule has 4 nitrogen and oxygen atoms in total. The van der Waals surface area contributed by atoms with Crippen LogP contribution >= 0.6 is 0 Å². The molecule has 0 bridgehead atoms. The minimum Gasteiger partial charge on any atom is -0.496 e. The van der Waals surface area contributed by atoms with E-state index in [1.54, 1.807) is 26.1 Å². The molecule has 1 amide bonds. The van der Waals surface area contributed by atoms with E-state index in [0.717, 1.165) is 28.4 Å². The standard InChI is InChI=1S/C17H21NO3/c1-12-11-14(13-7-5-6-8-15(13)20-4)16(21-12)9-10-17(19)18(2)3/h5-8,11H,9-10H2,1-4H3. The molecule has 0 aliphatic carbocycles. The zero-order chi connectivity index (χ0) is 15.4. The Kier molecular flexibility index (Phi) is 4.68. The van der Waals surface area contributed by atoms with Crippen molar-refractivity contribution < 1.29 is 13.9 Å². The number of ether oxygens (including phenoxy) is 1. The van der Waals surface area contributed by atoms with E-state index in [2.05, 4.69) is 0 Å². The van der Waals surface area contributed by atoms with Gasteiger partial charge in [-0.25, -0.2) is 0 Å². The van der Waals surface area contributed by atoms with Gasteiger partial charge in [-0.3, -0.25) is 4.79 Å². The van der Waals surface area contributed by atoms with Crippen LogP contribution in [-0.4, -0.2) is 32.0 Å². The van der Waals surface area contributed by atoms with E-state index in [-0.39, 0.29) is 5.91 Å². The Morgan fingerprint density at radius 3 is 2.62 bits per heavy atom. The lowest BCUT2D eigenvalue weighted by atomic mass is 10.0. The van der Waals surface area contributed by atoms with E-state index in [9.17, 15) is 4.79 Å². The normalized spacial score (nSPS) is 10.5. The van der Waals surface area contributed by atoms with Crippen LogP contribution in [0.5, 0.6) is 5.75 Å². The number of para-hydroxylation sites is 1. The van der Waals surface area contributed by atoms with Gasteiger partial charge in [-0.05, 0) is 19.1 Å². The van der Waals surface area contributed by atoms with Crippen molar-refractivity contribution in [1.29, 1.82) is 0 Å². The number of amides is 1. The van der Waals surface area contributed by atoms with Gasteiger partial charge in [0.15, 0.2) is 0 Å². The number of rotatable bonds is 5. The molecule has 0 radical (unpaired) electrons. The third-order valence-electron chi connectivity index (χ3n) is 3.39. The Morgan fingerprint density at radius 2 is 1.95 bits per heavy atom. The third kappa shape index (κ3) is 3.45. The lowest BCUT2D eigenvalue weighted by Gasteiger charge is -2.10. The van der Waals surface area contributed by atoms with Gasteiger partial charge in [0.25, 0.3) is 0 Å². The van der Waals surface area contributed by atoms with Crippen LogP contribution in [0.15, 0.2) is 34.7 Å². The number of hydrogen-bond donors (Lipinski definition) is 0. The van der Waals surface area contributed by atoms with Gasteiger partial charge in [0.2, 0.25) is 5.91 Å². The van der Waals surface area contributed by atoms with Crippen molar-refractivity contribution in [2.45, 2.75) is 19.8 Å². The van der Waals surface area contributed by atoms with Crippen molar-refractivity contribution in [2.24, 2.45) is 0 Å². The second-order valence-corrected chi connectivity index (χ2v) is 5.18. The Hall–Kier alpha value is -2.23. The fourth-order valence-corrected chi connectivity index (χ4v) is 2.29. The number of aryl methyl sites for hydroxylation is 2. The molecule has 4 heteroatoms. The molecule has 1 heterocycles. The first kappa shape index (κ1) is 15.2. The molecule has 0 aliphatic rings. The van der Waals surface area contributed by atoms with Crippen LogP contribution in [0, 0.1) is 6.92 Å². The molecule has 21 heavy (non-hydrogen) atoms. The van der Waals surface area contributed by atoms with Gasteiger partial charge in [0.05, 0.1) is 7.11 Å². The molecule has 0 saturated heterocycles. The molecule has 0 fully saturated rings. The van der Waals surface area contributed by atoms with Crippen molar-refractivity contribution in [1.82, 2.24) is 4.90 Å². The fraction of sp³-hybridized carbons (Fsp3) is 0.353. The largest absolute Gasteiger partial charge is 0.496 e. The SMILES string of the molecule is COc1ccccc1-c1cc(C)oc1CCC(=O)N(C)C. The van der Waals surface area contributed by atoms with Crippen LogP contribution < -0.4 is 4.74 Å². The first-order chi connectivity index (χ1) is 10.0. The molecular formula is C17H21NO3. The Bertz CT molecular complexity index is 629. The summed E-state index contributed by atoms with van der Waals surface area (Å²) < 4.78 is 11.2. The van der Waals surface area contributed by atoms with Gasteiger partial charge < -0.3 is 14.1 Å². The summed E-state index contributed by atoms with van der Waals surface area (Å²) in [4.78, 5) is 13.3. The summed E-state index contributed by atoms with van der Waals surface area (Å²) in [5.41, 5.74) is 1.99. The van der Waals surface area contributed by atoms with Gasteiger partial charge in [0, 0.05) is 38.1 Å². The van der Waals surface area contributed by atoms with Crippen molar-refractivity contribution in [3.05, 3.63) is 41.9 Å². The smallest absolute Gasteiger partial charge is 0.222 e.